The van der Waals surface area contributed by atoms with E-state index >= 15 is 0 Å². The zero-order valence-electron chi connectivity index (χ0n) is 13.4. The van der Waals surface area contributed by atoms with Crippen molar-refractivity contribution in [3.8, 4) is 0 Å². The van der Waals surface area contributed by atoms with Gasteiger partial charge >= 0.3 is 0 Å². The molecule has 6 nitrogen and oxygen atoms in total. The van der Waals surface area contributed by atoms with Crippen LogP contribution >= 0.6 is 24.8 Å². The third-order valence-electron chi connectivity index (χ3n) is 4.33. The molecule has 0 saturated heterocycles. The summed E-state index contributed by atoms with van der Waals surface area (Å²) in [5, 5.41) is 12.7. The van der Waals surface area contributed by atoms with Gasteiger partial charge in [0.25, 0.3) is 0 Å². The van der Waals surface area contributed by atoms with Gasteiger partial charge in [0.2, 0.25) is 0 Å². The number of aryl methyl sites for hydroxylation is 2. The summed E-state index contributed by atoms with van der Waals surface area (Å²) in [6.07, 6.45) is 1.16. The molecule has 2 aliphatic rings. The van der Waals surface area contributed by atoms with E-state index in [9.17, 15) is 0 Å². The quantitative estimate of drug-likeness (QED) is 0.888. The van der Waals surface area contributed by atoms with E-state index in [0.29, 0.717) is 0 Å². The monoisotopic (exact) mass is 358 g/mol. The third-order valence-corrected chi connectivity index (χ3v) is 4.33. The van der Waals surface area contributed by atoms with Crippen molar-refractivity contribution in [2.75, 3.05) is 13.1 Å². The molecular formula is C15H24Cl2N6. The molecule has 0 spiro atoms. The normalized spacial score (nSPS) is 17.4. The SMILES string of the molecule is Cc1cc2n(n1)CCN(Cc1cc3n(n1)CCCNC3)C2.Cl.Cl. The van der Waals surface area contributed by atoms with Crippen molar-refractivity contribution in [2.24, 2.45) is 0 Å². The highest BCUT2D eigenvalue weighted by Crippen LogP contribution is 2.17. The van der Waals surface area contributed by atoms with Crippen LogP contribution in [0.3, 0.4) is 0 Å². The highest BCUT2D eigenvalue weighted by atomic mass is 35.5. The molecule has 23 heavy (non-hydrogen) atoms. The fraction of sp³-hybridized carbons (Fsp3) is 0.600. The topological polar surface area (TPSA) is 50.9 Å². The van der Waals surface area contributed by atoms with Gasteiger partial charge < -0.3 is 5.32 Å². The summed E-state index contributed by atoms with van der Waals surface area (Å²) in [4.78, 5) is 2.46. The molecule has 8 heteroatoms. The van der Waals surface area contributed by atoms with Crippen LogP contribution in [0.2, 0.25) is 0 Å². The molecule has 4 heterocycles. The van der Waals surface area contributed by atoms with E-state index in [1.165, 1.54) is 17.1 Å². The standard InChI is InChI=1S/C15H22N6.2ClH/c1-12-7-15-11-19(5-6-21(15)17-12)10-13-8-14-9-16-3-2-4-20(14)18-13;;/h7-8,16H,2-6,9-11H2,1H3;2*1H. The first kappa shape index (κ1) is 18.3. The van der Waals surface area contributed by atoms with E-state index in [2.05, 4.69) is 43.7 Å². The Balaban J connectivity index is 0.000000960. The molecule has 2 aromatic rings. The molecule has 1 N–H and O–H groups in total. The van der Waals surface area contributed by atoms with Crippen LogP contribution in [0.25, 0.3) is 0 Å². The van der Waals surface area contributed by atoms with Gasteiger partial charge in [0, 0.05) is 32.7 Å². The third kappa shape index (κ3) is 3.88. The summed E-state index contributed by atoms with van der Waals surface area (Å²) in [5.74, 6) is 0. The molecule has 0 radical (unpaired) electrons. The minimum Gasteiger partial charge on any atom is -0.311 e. The molecule has 0 unspecified atom stereocenters. The molecule has 2 aliphatic heterocycles. The Bertz CT molecular complexity index is 627. The maximum Gasteiger partial charge on any atom is 0.0768 e. The number of nitrogens with one attached hydrogen (secondary N) is 1. The van der Waals surface area contributed by atoms with Gasteiger partial charge in [-0.05, 0) is 32.0 Å². The first-order valence-electron chi connectivity index (χ1n) is 7.80. The Morgan fingerprint density at radius 2 is 1.87 bits per heavy atom. The zero-order valence-corrected chi connectivity index (χ0v) is 15.0. The lowest BCUT2D eigenvalue weighted by atomic mass is 10.2. The van der Waals surface area contributed by atoms with Gasteiger partial charge in [0.1, 0.15) is 0 Å². The second kappa shape index (κ2) is 7.66. The average molecular weight is 359 g/mol. The van der Waals surface area contributed by atoms with Crippen molar-refractivity contribution < 1.29 is 0 Å². The van der Waals surface area contributed by atoms with Crippen molar-refractivity contribution in [1.82, 2.24) is 29.8 Å². The fourth-order valence-corrected chi connectivity index (χ4v) is 3.33. The highest BCUT2D eigenvalue weighted by Gasteiger charge is 2.19. The number of hydrogen-bond donors (Lipinski definition) is 1. The maximum absolute atomic E-state index is 4.78. The molecule has 0 amide bonds. The first-order valence-corrected chi connectivity index (χ1v) is 7.80. The lowest BCUT2D eigenvalue weighted by molar-refractivity contribution is 0.202. The Morgan fingerprint density at radius 3 is 2.74 bits per heavy atom. The molecule has 0 aliphatic carbocycles. The summed E-state index contributed by atoms with van der Waals surface area (Å²) in [6.45, 7) is 9.08. The Hall–Kier alpha value is -1.08. The summed E-state index contributed by atoms with van der Waals surface area (Å²) in [5.41, 5.74) is 4.95. The minimum atomic E-state index is 0. The lowest BCUT2D eigenvalue weighted by Crippen LogP contribution is -2.33. The van der Waals surface area contributed by atoms with Crippen LogP contribution in [-0.4, -0.2) is 37.6 Å². The van der Waals surface area contributed by atoms with Gasteiger partial charge in [-0.2, -0.15) is 10.2 Å². The van der Waals surface area contributed by atoms with Crippen LogP contribution in [0, 0.1) is 6.92 Å². The van der Waals surface area contributed by atoms with Crippen LogP contribution in [-0.2, 0) is 32.7 Å². The zero-order chi connectivity index (χ0) is 14.2. The number of fused-ring (bicyclic) bond motifs is 2. The van der Waals surface area contributed by atoms with E-state index < -0.39 is 0 Å². The van der Waals surface area contributed by atoms with Crippen LogP contribution in [0.5, 0.6) is 0 Å². The van der Waals surface area contributed by atoms with Crippen molar-refractivity contribution in [2.45, 2.75) is 46.1 Å². The van der Waals surface area contributed by atoms with E-state index in [1.54, 1.807) is 0 Å². The summed E-state index contributed by atoms with van der Waals surface area (Å²) in [7, 11) is 0. The number of rotatable bonds is 2. The number of aromatic nitrogens is 4. The van der Waals surface area contributed by atoms with Crippen LogP contribution in [0.4, 0.5) is 0 Å². The van der Waals surface area contributed by atoms with Gasteiger partial charge in [0.05, 0.1) is 29.3 Å². The highest BCUT2D eigenvalue weighted by molar-refractivity contribution is 5.85. The molecule has 0 saturated carbocycles. The molecule has 2 aromatic heterocycles. The van der Waals surface area contributed by atoms with Gasteiger partial charge in [-0.15, -0.1) is 24.8 Å². The summed E-state index contributed by atoms with van der Waals surface area (Å²) in [6, 6.07) is 4.45. The van der Waals surface area contributed by atoms with Crippen LogP contribution < -0.4 is 5.32 Å². The Labute approximate surface area is 149 Å². The number of halogens is 2. The number of hydrogen-bond acceptors (Lipinski definition) is 4. The Morgan fingerprint density at radius 1 is 1.04 bits per heavy atom. The average Bonchev–Trinajstić information content (AvgIpc) is 2.94. The molecule has 0 atom stereocenters. The lowest BCUT2D eigenvalue weighted by Gasteiger charge is -2.26. The van der Waals surface area contributed by atoms with E-state index in [0.717, 1.165) is 57.9 Å². The van der Waals surface area contributed by atoms with E-state index in [-0.39, 0.29) is 24.8 Å². The predicted octanol–water partition coefficient (Wildman–Crippen LogP) is 1.74. The van der Waals surface area contributed by atoms with Crippen molar-refractivity contribution in [3.63, 3.8) is 0 Å². The molecule has 128 valence electrons. The molecule has 0 bridgehead atoms. The smallest absolute Gasteiger partial charge is 0.0768 e. The molecule has 4 rings (SSSR count). The number of nitrogens with zero attached hydrogens (tertiary/aromatic N) is 5. The minimum absolute atomic E-state index is 0. The van der Waals surface area contributed by atoms with Crippen LogP contribution in [0.1, 0.15) is 29.2 Å². The summed E-state index contributed by atoms with van der Waals surface area (Å²) >= 11 is 0. The first-order chi connectivity index (χ1) is 10.3. The molecular weight excluding hydrogens is 335 g/mol. The molecule has 0 aromatic carbocycles. The second-order valence-corrected chi connectivity index (χ2v) is 6.09. The largest absolute Gasteiger partial charge is 0.311 e. The van der Waals surface area contributed by atoms with Crippen molar-refractivity contribution >= 4 is 24.8 Å². The van der Waals surface area contributed by atoms with E-state index in [4.69, 9.17) is 5.10 Å². The fourth-order valence-electron chi connectivity index (χ4n) is 3.33. The van der Waals surface area contributed by atoms with Crippen LogP contribution in [0.15, 0.2) is 12.1 Å². The maximum atomic E-state index is 4.78. The van der Waals surface area contributed by atoms with Gasteiger partial charge in [-0.3, -0.25) is 14.3 Å². The second-order valence-electron chi connectivity index (χ2n) is 6.09. The summed E-state index contributed by atoms with van der Waals surface area (Å²) < 4.78 is 4.31. The van der Waals surface area contributed by atoms with Gasteiger partial charge in [-0.1, -0.05) is 0 Å². The molecule has 0 fully saturated rings. The van der Waals surface area contributed by atoms with Crippen molar-refractivity contribution in [1.29, 1.82) is 0 Å². The van der Waals surface area contributed by atoms with Gasteiger partial charge in [-0.25, -0.2) is 0 Å². The predicted molar refractivity (Wildman–Crippen MR) is 94.1 cm³/mol. The Kier molecular flexibility index (Phi) is 6.08. The van der Waals surface area contributed by atoms with E-state index in [1.807, 2.05) is 0 Å². The van der Waals surface area contributed by atoms with Gasteiger partial charge in [0.15, 0.2) is 0 Å². The van der Waals surface area contributed by atoms with Crippen molar-refractivity contribution in [3.05, 3.63) is 34.9 Å².